The zero-order valence-corrected chi connectivity index (χ0v) is 21.0. The van der Waals surface area contributed by atoms with E-state index in [0.29, 0.717) is 35.1 Å². The maximum atomic E-state index is 14.2. The van der Waals surface area contributed by atoms with Crippen LogP contribution in [0.25, 0.3) is 22.0 Å². The third kappa shape index (κ3) is 6.02. The molecule has 0 unspecified atom stereocenters. The average molecular weight is 553 g/mol. The summed E-state index contributed by atoms with van der Waals surface area (Å²) in [6.07, 6.45) is -3.78. The van der Waals surface area contributed by atoms with Crippen molar-refractivity contribution in [3.8, 4) is 22.6 Å². The molecule has 4 rings (SSSR count). The van der Waals surface area contributed by atoms with Crippen LogP contribution in [0.5, 0.6) is 11.5 Å². The summed E-state index contributed by atoms with van der Waals surface area (Å²) in [5.74, 6) is -1.99. The van der Waals surface area contributed by atoms with Crippen molar-refractivity contribution in [3.63, 3.8) is 0 Å². The number of ether oxygens (including phenoxy) is 2. The van der Waals surface area contributed by atoms with E-state index in [2.05, 4.69) is 4.74 Å². The monoisotopic (exact) mass is 552 g/mol. The summed E-state index contributed by atoms with van der Waals surface area (Å²) in [5, 5.41) is 0.334. The molecule has 0 aliphatic carbocycles. The number of alkyl halides is 3. The highest BCUT2D eigenvalue weighted by molar-refractivity contribution is 6.32. The number of benzene rings is 3. The molecule has 200 valence electrons. The number of hydrogen-bond donors (Lipinski definition) is 0. The summed E-state index contributed by atoms with van der Waals surface area (Å²) >= 11 is 5.99. The van der Waals surface area contributed by atoms with E-state index in [4.69, 9.17) is 16.3 Å². The SMILES string of the molecule is CCN(CC)C(=O)Oc1ccc2c(ccn2Cc2ccc(OC(F)(F)F)c(Cl)c2)c1-c1cc(F)cc(F)c1. The Morgan fingerprint density at radius 3 is 2.21 bits per heavy atom. The number of fused-ring (bicyclic) bond motifs is 1. The van der Waals surface area contributed by atoms with Gasteiger partial charge < -0.3 is 18.9 Å². The molecular formula is C27H22ClF5N2O3. The molecule has 0 radical (unpaired) electrons. The topological polar surface area (TPSA) is 43.7 Å². The Hall–Kier alpha value is -3.79. The van der Waals surface area contributed by atoms with Crippen LogP contribution in [-0.4, -0.2) is 35.0 Å². The molecular weight excluding hydrogens is 531 g/mol. The van der Waals surface area contributed by atoms with Gasteiger partial charge in [0, 0.05) is 48.4 Å². The van der Waals surface area contributed by atoms with Gasteiger partial charge in [-0.15, -0.1) is 13.2 Å². The van der Waals surface area contributed by atoms with Gasteiger partial charge in [-0.05, 0) is 67.4 Å². The quantitative estimate of drug-likeness (QED) is 0.218. The number of amides is 1. The van der Waals surface area contributed by atoms with Crippen molar-refractivity contribution in [1.82, 2.24) is 9.47 Å². The van der Waals surface area contributed by atoms with E-state index in [1.165, 1.54) is 23.1 Å². The van der Waals surface area contributed by atoms with Crippen LogP contribution in [0, 0.1) is 11.6 Å². The van der Waals surface area contributed by atoms with Gasteiger partial charge in [0.1, 0.15) is 23.1 Å². The van der Waals surface area contributed by atoms with E-state index >= 15 is 0 Å². The molecule has 38 heavy (non-hydrogen) atoms. The minimum Gasteiger partial charge on any atom is -0.410 e. The molecule has 1 heterocycles. The Morgan fingerprint density at radius 1 is 0.947 bits per heavy atom. The van der Waals surface area contributed by atoms with Gasteiger partial charge in [0.05, 0.1) is 5.02 Å². The molecule has 0 spiro atoms. The van der Waals surface area contributed by atoms with E-state index in [-0.39, 0.29) is 22.9 Å². The number of aromatic nitrogens is 1. The normalized spacial score (nSPS) is 11.6. The Bertz CT molecular complexity index is 1460. The zero-order chi connectivity index (χ0) is 27.6. The van der Waals surface area contributed by atoms with Gasteiger partial charge in [-0.1, -0.05) is 17.7 Å². The second-order valence-corrected chi connectivity index (χ2v) is 8.73. The van der Waals surface area contributed by atoms with Crippen LogP contribution in [0.2, 0.25) is 5.02 Å². The molecule has 11 heteroatoms. The van der Waals surface area contributed by atoms with E-state index in [1.54, 1.807) is 36.7 Å². The molecule has 5 nitrogen and oxygen atoms in total. The highest BCUT2D eigenvalue weighted by Crippen LogP contribution is 2.39. The third-order valence-electron chi connectivity index (χ3n) is 5.86. The van der Waals surface area contributed by atoms with Crippen LogP contribution in [0.4, 0.5) is 26.7 Å². The minimum atomic E-state index is -4.87. The molecule has 0 saturated carbocycles. The fraction of sp³-hybridized carbons (Fsp3) is 0.222. The van der Waals surface area contributed by atoms with Crippen LogP contribution < -0.4 is 9.47 Å². The van der Waals surface area contributed by atoms with Crippen molar-refractivity contribution in [2.75, 3.05) is 13.1 Å². The molecule has 0 bridgehead atoms. The zero-order valence-electron chi connectivity index (χ0n) is 20.3. The number of hydrogen-bond acceptors (Lipinski definition) is 3. The largest absolute Gasteiger partial charge is 0.573 e. The van der Waals surface area contributed by atoms with Gasteiger partial charge in [-0.3, -0.25) is 0 Å². The van der Waals surface area contributed by atoms with Crippen LogP contribution in [-0.2, 0) is 6.54 Å². The first kappa shape index (κ1) is 27.3. The molecule has 0 atom stereocenters. The summed E-state index contributed by atoms with van der Waals surface area (Å²) < 4.78 is 77.3. The molecule has 0 fully saturated rings. The Labute approximate surface area is 219 Å². The van der Waals surface area contributed by atoms with Gasteiger partial charge in [0.2, 0.25) is 0 Å². The molecule has 3 aromatic carbocycles. The Kier molecular flexibility index (Phi) is 7.82. The molecule has 1 aromatic heterocycles. The summed E-state index contributed by atoms with van der Waals surface area (Å²) in [4.78, 5) is 14.1. The van der Waals surface area contributed by atoms with Crippen molar-refractivity contribution >= 4 is 28.6 Å². The van der Waals surface area contributed by atoms with E-state index in [0.717, 1.165) is 24.3 Å². The van der Waals surface area contributed by atoms with Crippen molar-refractivity contribution in [1.29, 1.82) is 0 Å². The predicted octanol–water partition coefficient (Wildman–Crippen LogP) is 8.03. The van der Waals surface area contributed by atoms with E-state index in [9.17, 15) is 26.7 Å². The number of halogens is 6. The predicted molar refractivity (Wildman–Crippen MR) is 133 cm³/mol. The fourth-order valence-electron chi connectivity index (χ4n) is 4.16. The molecule has 0 saturated heterocycles. The van der Waals surface area contributed by atoms with Crippen molar-refractivity contribution in [2.24, 2.45) is 0 Å². The molecule has 0 aliphatic heterocycles. The Morgan fingerprint density at radius 2 is 1.61 bits per heavy atom. The summed E-state index contributed by atoms with van der Waals surface area (Å²) in [6.45, 7) is 4.63. The van der Waals surface area contributed by atoms with E-state index < -0.39 is 29.8 Å². The van der Waals surface area contributed by atoms with Crippen LogP contribution in [0.15, 0.2) is 60.8 Å². The lowest BCUT2D eigenvalue weighted by atomic mass is 10.00. The summed E-state index contributed by atoms with van der Waals surface area (Å²) in [6, 6.07) is 11.9. The van der Waals surface area contributed by atoms with Gasteiger partial charge >= 0.3 is 12.5 Å². The third-order valence-corrected chi connectivity index (χ3v) is 6.16. The second-order valence-electron chi connectivity index (χ2n) is 8.33. The first-order valence-electron chi connectivity index (χ1n) is 11.6. The lowest BCUT2D eigenvalue weighted by molar-refractivity contribution is -0.274. The van der Waals surface area contributed by atoms with Crippen molar-refractivity contribution in [2.45, 2.75) is 26.8 Å². The Balaban J connectivity index is 1.77. The molecule has 0 N–H and O–H groups in total. The first-order valence-corrected chi connectivity index (χ1v) is 12.0. The second kappa shape index (κ2) is 10.9. The van der Waals surface area contributed by atoms with Gasteiger partial charge in [-0.25, -0.2) is 13.6 Å². The van der Waals surface area contributed by atoms with Crippen LogP contribution in [0.3, 0.4) is 0 Å². The fourth-order valence-corrected chi connectivity index (χ4v) is 4.40. The average Bonchev–Trinajstić information content (AvgIpc) is 3.22. The van der Waals surface area contributed by atoms with E-state index in [1.807, 2.05) is 0 Å². The van der Waals surface area contributed by atoms with Gasteiger partial charge in [0.15, 0.2) is 0 Å². The summed E-state index contributed by atoms with van der Waals surface area (Å²) in [7, 11) is 0. The van der Waals surface area contributed by atoms with Gasteiger partial charge in [0.25, 0.3) is 0 Å². The number of nitrogens with zero attached hydrogens (tertiary/aromatic N) is 2. The number of rotatable bonds is 7. The maximum Gasteiger partial charge on any atom is 0.573 e. The van der Waals surface area contributed by atoms with Crippen LogP contribution in [0.1, 0.15) is 19.4 Å². The summed E-state index contributed by atoms with van der Waals surface area (Å²) in [5.41, 5.74) is 1.69. The highest BCUT2D eigenvalue weighted by Gasteiger charge is 2.32. The van der Waals surface area contributed by atoms with Crippen molar-refractivity contribution < 1.29 is 36.2 Å². The smallest absolute Gasteiger partial charge is 0.410 e. The van der Waals surface area contributed by atoms with Gasteiger partial charge in [-0.2, -0.15) is 0 Å². The molecule has 4 aromatic rings. The lowest BCUT2D eigenvalue weighted by Crippen LogP contribution is -2.33. The number of carbonyl (C=O) groups excluding carboxylic acids is 1. The highest BCUT2D eigenvalue weighted by atomic mass is 35.5. The van der Waals surface area contributed by atoms with Crippen molar-refractivity contribution in [3.05, 3.63) is 83.0 Å². The first-order chi connectivity index (χ1) is 18.0. The number of carbonyl (C=O) groups is 1. The maximum absolute atomic E-state index is 14.2. The lowest BCUT2D eigenvalue weighted by Gasteiger charge is -2.20. The molecule has 1 amide bonds. The standard InChI is InChI=1S/C27H22ClF5N2O3/c1-3-34(4-2)26(36)37-24-8-6-22-20(25(24)17-12-18(29)14-19(30)13-17)9-10-35(22)15-16-5-7-23(21(28)11-16)38-27(31,32)33/h5-14H,3-4,15H2,1-2H3. The molecule has 0 aliphatic rings. The minimum absolute atomic E-state index is 0.119. The van der Waals surface area contributed by atoms with Crippen LogP contribution >= 0.6 is 11.6 Å².